The van der Waals surface area contributed by atoms with Crippen molar-refractivity contribution < 1.29 is 13.2 Å². The first-order valence-corrected chi connectivity index (χ1v) is 9.36. The average molecular weight is 367 g/mol. The quantitative estimate of drug-likeness (QED) is 0.816. The summed E-state index contributed by atoms with van der Waals surface area (Å²) >= 11 is 5.80. The second-order valence-electron chi connectivity index (χ2n) is 5.21. The molecule has 1 N–H and O–H groups in total. The Balaban J connectivity index is 2.13. The number of benzene rings is 2. The first-order chi connectivity index (χ1) is 11.4. The van der Waals surface area contributed by atoms with Crippen LogP contribution in [0.4, 0.5) is 5.69 Å². The molecule has 0 radical (unpaired) electrons. The van der Waals surface area contributed by atoms with Gasteiger partial charge in [-0.2, -0.15) is 4.31 Å². The lowest BCUT2D eigenvalue weighted by molar-refractivity contribution is -0.116. The molecule has 2 rings (SSSR count). The van der Waals surface area contributed by atoms with Gasteiger partial charge in [0.15, 0.2) is 0 Å². The third kappa shape index (κ3) is 4.80. The fourth-order valence-corrected chi connectivity index (χ4v) is 3.80. The lowest BCUT2D eigenvalue weighted by Crippen LogP contribution is -2.38. The van der Waals surface area contributed by atoms with Crippen molar-refractivity contribution in [3.63, 3.8) is 0 Å². The van der Waals surface area contributed by atoms with Crippen LogP contribution in [-0.4, -0.2) is 31.7 Å². The summed E-state index contributed by atoms with van der Waals surface area (Å²) in [4.78, 5) is 12.4. The van der Waals surface area contributed by atoms with Gasteiger partial charge >= 0.3 is 0 Å². The Labute approximate surface area is 147 Å². The molecule has 2 aromatic carbocycles. The van der Waals surface area contributed by atoms with Crippen LogP contribution < -0.4 is 5.32 Å². The van der Waals surface area contributed by atoms with Gasteiger partial charge in [-0.15, -0.1) is 0 Å². The highest BCUT2D eigenvalue weighted by molar-refractivity contribution is 7.89. The van der Waals surface area contributed by atoms with Gasteiger partial charge < -0.3 is 5.32 Å². The van der Waals surface area contributed by atoms with E-state index >= 15 is 0 Å². The summed E-state index contributed by atoms with van der Waals surface area (Å²) in [5.41, 5.74) is 0.568. The zero-order valence-corrected chi connectivity index (χ0v) is 14.8. The molecule has 0 aliphatic heterocycles. The summed E-state index contributed by atoms with van der Waals surface area (Å²) in [6.45, 7) is 1.89. The van der Waals surface area contributed by atoms with Gasteiger partial charge in [0.2, 0.25) is 15.9 Å². The maximum Gasteiger partial charge on any atom is 0.243 e. The minimum Gasteiger partial charge on any atom is -0.325 e. The van der Waals surface area contributed by atoms with E-state index in [0.29, 0.717) is 17.1 Å². The topological polar surface area (TPSA) is 66.5 Å². The SMILES string of the molecule is CCCN(CC(=O)Nc1ccc(Cl)cc1)S(=O)(=O)c1ccccc1. The van der Waals surface area contributed by atoms with Crippen molar-refractivity contribution in [2.45, 2.75) is 18.2 Å². The third-order valence-corrected chi connectivity index (χ3v) is 5.41. The summed E-state index contributed by atoms with van der Waals surface area (Å²) in [6, 6.07) is 14.7. The Morgan fingerprint density at radius 3 is 2.29 bits per heavy atom. The molecule has 0 heterocycles. The van der Waals surface area contributed by atoms with Crippen molar-refractivity contribution in [1.82, 2.24) is 4.31 Å². The van der Waals surface area contributed by atoms with Crippen molar-refractivity contribution in [1.29, 1.82) is 0 Å². The number of rotatable bonds is 7. The van der Waals surface area contributed by atoms with Crippen molar-refractivity contribution in [2.75, 3.05) is 18.4 Å². The predicted octanol–water partition coefficient (Wildman–Crippen LogP) is 3.38. The zero-order valence-electron chi connectivity index (χ0n) is 13.3. The second kappa shape index (κ2) is 8.28. The molecule has 0 unspecified atom stereocenters. The Kier molecular flexibility index (Phi) is 6.36. The maximum atomic E-state index is 12.7. The van der Waals surface area contributed by atoms with Gasteiger partial charge in [0.25, 0.3) is 0 Å². The number of halogens is 1. The molecule has 5 nitrogen and oxygen atoms in total. The van der Waals surface area contributed by atoms with Gasteiger partial charge in [0.1, 0.15) is 0 Å². The second-order valence-corrected chi connectivity index (χ2v) is 7.58. The number of carbonyl (C=O) groups excluding carboxylic acids is 1. The maximum absolute atomic E-state index is 12.7. The fourth-order valence-electron chi connectivity index (χ4n) is 2.17. The van der Waals surface area contributed by atoms with Gasteiger partial charge in [0.05, 0.1) is 11.4 Å². The third-order valence-electron chi connectivity index (χ3n) is 3.30. The molecule has 0 aromatic heterocycles. The van der Waals surface area contributed by atoms with Crippen molar-refractivity contribution in [3.8, 4) is 0 Å². The number of nitrogens with one attached hydrogen (secondary N) is 1. The van der Waals surface area contributed by atoms with Crippen LogP contribution in [0.5, 0.6) is 0 Å². The molecule has 128 valence electrons. The van der Waals surface area contributed by atoms with Crippen LogP contribution in [0.1, 0.15) is 13.3 Å². The average Bonchev–Trinajstić information content (AvgIpc) is 2.57. The van der Waals surface area contributed by atoms with Crippen molar-refractivity contribution in [3.05, 3.63) is 59.6 Å². The first-order valence-electron chi connectivity index (χ1n) is 7.54. The van der Waals surface area contributed by atoms with E-state index in [1.165, 1.54) is 16.4 Å². The summed E-state index contributed by atoms with van der Waals surface area (Å²) in [6.07, 6.45) is 0.611. The molecule has 0 spiro atoms. The lowest BCUT2D eigenvalue weighted by Gasteiger charge is -2.21. The molecule has 0 saturated heterocycles. The lowest BCUT2D eigenvalue weighted by atomic mass is 10.3. The number of carbonyl (C=O) groups is 1. The molecular weight excluding hydrogens is 348 g/mol. The van der Waals surface area contributed by atoms with E-state index in [-0.39, 0.29) is 18.0 Å². The van der Waals surface area contributed by atoms with Gasteiger partial charge in [-0.25, -0.2) is 8.42 Å². The van der Waals surface area contributed by atoms with Crippen LogP contribution in [0.25, 0.3) is 0 Å². The molecule has 0 atom stereocenters. The standard InChI is InChI=1S/C17H19ClN2O3S/c1-2-12-20(24(22,23)16-6-4-3-5-7-16)13-17(21)19-15-10-8-14(18)9-11-15/h3-11H,2,12-13H2,1H3,(H,19,21). The number of nitrogens with zero attached hydrogens (tertiary/aromatic N) is 1. The highest BCUT2D eigenvalue weighted by Crippen LogP contribution is 2.17. The Morgan fingerprint density at radius 2 is 1.71 bits per heavy atom. The van der Waals surface area contributed by atoms with E-state index in [4.69, 9.17) is 11.6 Å². The summed E-state index contributed by atoms with van der Waals surface area (Å²) in [7, 11) is -3.71. The molecule has 2 aromatic rings. The van der Waals surface area contributed by atoms with E-state index < -0.39 is 15.9 Å². The summed E-state index contributed by atoms with van der Waals surface area (Å²) < 4.78 is 26.6. The van der Waals surface area contributed by atoms with Gasteiger partial charge in [-0.05, 0) is 42.8 Å². The van der Waals surface area contributed by atoms with Crippen LogP contribution in [-0.2, 0) is 14.8 Å². The van der Waals surface area contributed by atoms with E-state index in [1.54, 1.807) is 42.5 Å². The van der Waals surface area contributed by atoms with Crippen LogP contribution in [0.3, 0.4) is 0 Å². The minimum atomic E-state index is -3.71. The summed E-state index contributed by atoms with van der Waals surface area (Å²) in [5, 5.41) is 3.24. The molecule has 24 heavy (non-hydrogen) atoms. The predicted molar refractivity (Wildman–Crippen MR) is 95.6 cm³/mol. The molecule has 1 amide bonds. The van der Waals surface area contributed by atoms with Crippen molar-refractivity contribution in [2.24, 2.45) is 0 Å². The molecule has 0 aliphatic carbocycles. The molecule has 7 heteroatoms. The van der Waals surface area contributed by atoms with Crippen LogP contribution >= 0.6 is 11.6 Å². The molecule has 0 fully saturated rings. The van der Waals surface area contributed by atoms with E-state index in [9.17, 15) is 13.2 Å². The number of hydrogen-bond acceptors (Lipinski definition) is 3. The zero-order chi connectivity index (χ0) is 17.6. The van der Waals surface area contributed by atoms with E-state index in [1.807, 2.05) is 6.92 Å². The Bertz CT molecular complexity index is 777. The van der Waals surface area contributed by atoms with E-state index in [2.05, 4.69) is 5.32 Å². The van der Waals surface area contributed by atoms with Crippen LogP contribution in [0.2, 0.25) is 5.02 Å². The van der Waals surface area contributed by atoms with Gasteiger partial charge in [-0.3, -0.25) is 4.79 Å². The number of hydrogen-bond donors (Lipinski definition) is 1. The molecule has 0 bridgehead atoms. The van der Waals surface area contributed by atoms with Gasteiger partial charge in [-0.1, -0.05) is 36.7 Å². The highest BCUT2D eigenvalue weighted by atomic mass is 35.5. The fraction of sp³-hybridized carbons (Fsp3) is 0.235. The van der Waals surface area contributed by atoms with Gasteiger partial charge in [0, 0.05) is 17.3 Å². The summed E-state index contributed by atoms with van der Waals surface area (Å²) in [5.74, 6) is -0.398. The molecular formula is C17H19ClN2O3S. The normalized spacial score (nSPS) is 11.5. The van der Waals surface area contributed by atoms with Crippen LogP contribution in [0.15, 0.2) is 59.5 Å². The monoisotopic (exact) mass is 366 g/mol. The first kappa shape index (κ1) is 18.4. The smallest absolute Gasteiger partial charge is 0.243 e. The Morgan fingerprint density at radius 1 is 1.08 bits per heavy atom. The molecule has 0 aliphatic rings. The number of sulfonamides is 1. The largest absolute Gasteiger partial charge is 0.325 e. The number of anilines is 1. The van der Waals surface area contributed by atoms with E-state index in [0.717, 1.165) is 0 Å². The molecule has 0 saturated carbocycles. The van der Waals surface area contributed by atoms with Crippen LogP contribution in [0, 0.1) is 0 Å². The Hall–Kier alpha value is -1.89. The highest BCUT2D eigenvalue weighted by Gasteiger charge is 2.25. The van der Waals surface area contributed by atoms with Crippen molar-refractivity contribution >= 4 is 33.2 Å². The minimum absolute atomic E-state index is 0.178. The number of amides is 1.